The summed E-state index contributed by atoms with van der Waals surface area (Å²) in [7, 11) is 1.71. The predicted octanol–water partition coefficient (Wildman–Crippen LogP) is 0.484. The summed E-state index contributed by atoms with van der Waals surface area (Å²) in [4.78, 5) is 1.91. The molecule has 0 aromatic heterocycles. The van der Waals surface area contributed by atoms with Crippen molar-refractivity contribution in [3.05, 3.63) is 0 Å². The molecule has 1 unspecified atom stereocenters. The quantitative estimate of drug-likeness (QED) is 0.486. The molecular formula is C9H19N3O. The highest BCUT2D eigenvalue weighted by molar-refractivity contribution is 5.75. The molecule has 0 aromatic carbocycles. The topological polar surface area (TPSA) is 62.3 Å². The Morgan fingerprint density at radius 3 is 2.69 bits per heavy atom. The smallest absolute Gasteiger partial charge is 0.188 e. The van der Waals surface area contributed by atoms with Crippen molar-refractivity contribution < 1.29 is 4.74 Å². The monoisotopic (exact) mass is 185 g/mol. The van der Waals surface area contributed by atoms with E-state index < -0.39 is 0 Å². The predicted molar refractivity (Wildman–Crippen MR) is 52.6 cm³/mol. The average Bonchev–Trinajstić information content (AvgIpc) is 2.28. The van der Waals surface area contributed by atoms with Crippen LogP contribution in [-0.4, -0.2) is 37.7 Å². The summed E-state index contributed by atoms with van der Waals surface area (Å²) in [6, 6.07) is 0. The van der Waals surface area contributed by atoms with Gasteiger partial charge in [0.15, 0.2) is 5.96 Å². The lowest BCUT2D eigenvalue weighted by atomic mass is 9.83. The van der Waals surface area contributed by atoms with Crippen molar-refractivity contribution >= 4 is 5.96 Å². The van der Waals surface area contributed by atoms with Gasteiger partial charge >= 0.3 is 0 Å². The summed E-state index contributed by atoms with van der Waals surface area (Å²) >= 11 is 0. The van der Waals surface area contributed by atoms with Gasteiger partial charge in [0.05, 0.1) is 6.61 Å². The fraction of sp³-hybridized carbons (Fsp3) is 0.889. The Labute approximate surface area is 79.6 Å². The molecule has 0 saturated carbocycles. The van der Waals surface area contributed by atoms with Crippen molar-refractivity contribution in [3.8, 4) is 0 Å². The minimum absolute atomic E-state index is 0.173. The lowest BCUT2D eigenvalue weighted by Crippen LogP contribution is -2.35. The third-order valence-electron chi connectivity index (χ3n) is 2.85. The molecule has 0 aliphatic carbocycles. The molecule has 4 nitrogen and oxygen atoms in total. The molecule has 1 fully saturated rings. The number of ether oxygens (including phenoxy) is 1. The highest BCUT2D eigenvalue weighted by atomic mass is 16.5. The largest absolute Gasteiger partial charge is 0.384 e. The molecule has 0 bridgehead atoms. The van der Waals surface area contributed by atoms with E-state index in [0.29, 0.717) is 5.92 Å². The van der Waals surface area contributed by atoms with Gasteiger partial charge in [-0.25, -0.2) is 0 Å². The van der Waals surface area contributed by atoms with Gasteiger partial charge in [-0.1, -0.05) is 13.8 Å². The summed E-state index contributed by atoms with van der Waals surface area (Å²) in [5.41, 5.74) is 5.64. The summed E-state index contributed by atoms with van der Waals surface area (Å²) in [6.07, 6.45) is 0. The van der Waals surface area contributed by atoms with Crippen LogP contribution in [0.1, 0.15) is 13.8 Å². The summed E-state index contributed by atoms with van der Waals surface area (Å²) in [6.45, 7) is 6.84. The van der Waals surface area contributed by atoms with Gasteiger partial charge in [-0.2, -0.15) is 0 Å². The molecule has 1 rings (SSSR count). The molecule has 76 valence electrons. The molecule has 0 spiro atoms. The first-order valence-electron chi connectivity index (χ1n) is 4.55. The van der Waals surface area contributed by atoms with Crippen LogP contribution >= 0.6 is 0 Å². The Kier molecular flexibility index (Phi) is 2.81. The summed E-state index contributed by atoms with van der Waals surface area (Å²) in [5.74, 6) is 0.646. The number of hydrogen-bond acceptors (Lipinski definition) is 2. The van der Waals surface area contributed by atoms with E-state index in [1.54, 1.807) is 7.11 Å². The second kappa shape index (κ2) is 3.54. The van der Waals surface area contributed by atoms with Crippen LogP contribution < -0.4 is 5.73 Å². The number of methoxy groups -OCH3 is 1. The van der Waals surface area contributed by atoms with Crippen molar-refractivity contribution in [1.29, 1.82) is 5.41 Å². The maximum absolute atomic E-state index is 7.35. The van der Waals surface area contributed by atoms with Crippen LogP contribution in [0.2, 0.25) is 0 Å². The van der Waals surface area contributed by atoms with Crippen molar-refractivity contribution in [2.24, 2.45) is 17.1 Å². The van der Waals surface area contributed by atoms with Crippen LogP contribution in [0.25, 0.3) is 0 Å². The van der Waals surface area contributed by atoms with Gasteiger partial charge in [0.25, 0.3) is 0 Å². The van der Waals surface area contributed by atoms with Gasteiger partial charge in [0.1, 0.15) is 0 Å². The van der Waals surface area contributed by atoms with Gasteiger partial charge in [-0.15, -0.1) is 0 Å². The molecule has 1 aliphatic heterocycles. The zero-order chi connectivity index (χ0) is 10.1. The number of nitrogens with zero attached hydrogens (tertiary/aromatic N) is 1. The van der Waals surface area contributed by atoms with Crippen LogP contribution in [0, 0.1) is 16.7 Å². The number of rotatable bonds is 2. The van der Waals surface area contributed by atoms with Crippen LogP contribution in [-0.2, 0) is 4.74 Å². The van der Waals surface area contributed by atoms with E-state index >= 15 is 0 Å². The minimum Gasteiger partial charge on any atom is -0.384 e. The Morgan fingerprint density at radius 2 is 2.31 bits per heavy atom. The zero-order valence-electron chi connectivity index (χ0n) is 8.63. The average molecular weight is 185 g/mol. The highest BCUT2D eigenvalue weighted by Crippen LogP contribution is 2.34. The SMILES string of the molecule is COCC1CN(C(=N)N)CC1(C)C. The van der Waals surface area contributed by atoms with E-state index in [-0.39, 0.29) is 11.4 Å². The molecule has 13 heavy (non-hydrogen) atoms. The minimum atomic E-state index is 0.173. The molecule has 4 heteroatoms. The van der Waals surface area contributed by atoms with Crippen molar-refractivity contribution in [2.75, 3.05) is 26.8 Å². The van der Waals surface area contributed by atoms with Gasteiger partial charge in [-0.3, -0.25) is 5.41 Å². The van der Waals surface area contributed by atoms with Crippen LogP contribution in [0.5, 0.6) is 0 Å². The van der Waals surface area contributed by atoms with E-state index in [4.69, 9.17) is 15.9 Å². The maximum atomic E-state index is 7.35. The molecule has 0 amide bonds. The molecule has 3 N–H and O–H groups in total. The summed E-state index contributed by atoms with van der Waals surface area (Å²) < 4.78 is 5.15. The molecular weight excluding hydrogens is 166 g/mol. The van der Waals surface area contributed by atoms with Crippen LogP contribution in [0.3, 0.4) is 0 Å². The lowest BCUT2D eigenvalue weighted by Gasteiger charge is -2.24. The fourth-order valence-corrected chi connectivity index (χ4v) is 1.86. The van der Waals surface area contributed by atoms with Crippen molar-refractivity contribution in [2.45, 2.75) is 13.8 Å². The Morgan fingerprint density at radius 1 is 1.69 bits per heavy atom. The number of hydrogen-bond donors (Lipinski definition) is 2. The Hall–Kier alpha value is -0.770. The second-order valence-corrected chi connectivity index (χ2v) is 4.41. The van der Waals surface area contributed by atoms with Gasteiger partial charge in [-0.05, 0) is 5.41 Å². The second-order valence-electron chi connectivity index (χ2n) is 4.41. The maximum Gasteiger partial charge on any atom is 0.188 e. The number of nitrogens with two attached hydrogens (primary N) is 1. The Balaban J connectivity index is 2.62. The first-order valence-corrected chi connectivity index (χ1v) is 4.55. The van der Waals surface area contributed by atoms with E-state index in [9.17, 15) is 0 Å². The van der Waals surface area contributed by atoms with Gasteiger partial charge in [0.2, 0.25) is 0 Å². The van der Waals surface area contributed by atoms with E-state index in [2.05, 4.69) is 13.8 Å². The van der Waals surface area contributed by atoms with E-state index in [1.807, 2.05) is 4.90 Å². The molecule has 0 aromatic rings. The van der Waals surface area contributed by atoms with Crippen molar-refractivity contribution in [3.63, 3.8) is 0 Å². The first kappa shape index (κ1) is 10.3. The molecule has 0 radical (unpaired) electrons. The van der Waals surface area contributed by atoms with Crippen LogP contribution in [0.15, 0.2) is 0 Å². The third-order valence-corrected chi connectivity index (χ3v) is 2.85. The molecule has 1 atom stereocenters. The number of likely N-dealkylation sites (tertiary alicyclic amines) is 1. The first-order chi connectivity index (χ1) is 5.97. The third kappa shape index (κ3) is 2.12. The molecule has 1 aliphatic rings. The van der Waals surface area contributed by atoms with Crippen molar-refractivity contribution in [1.82, 2.24) is 4.90 Å². The molecule has 1 heterocycles. The highest BCUT2D eigenvalue weighted by Gasteiger charge is 2.39. The Bertz CT molecular complexity index is 203. The zero-order valence-corrected chi connectivity index (χ0v) is 8.63. The van der Waals surface area contributed by atoms with Gasteiger partial charge < -0.3 is 15.4 Å². The van der Waals surface area contributed by atoms with Crippen LogP contribution in [0.4, 0.5) is 0 Å². The number of nitrogens with one attached hydrogen (secondary N) is 1. The lowest BCUT2D eigenvalue weighted by molar-refractivity contribution is 0.112. The fourth-order valence-electron chi connectivity index (χ4n) is 1.86. The molecule has 1 saturated heterocycles. The standard InChI is InChI=1S/C9H19N3O/c1-9(2)6-12(8(10)11)4-7(9)5-13-3/h7H,4-6H2,1-3H3,(H3,10,11). The summed E-state index contributed by atoms with van der Waals surface area (Å²) in [5, 5.41) is 7.35. The van der Waals surface area contributed by atoms with E-state index in [0.717, 1.165) is 19.7 Å². The van der Waals surface area contributed by atoms with Gasteiger partial charge in [0, 0.05) is 26.1 Å². The number of guanidine groups is 1. The normalized spacial score (nSPS) is 26.4. The van der Waals surface area contributed by atoms with E-state index in [1.165, 1.54) is 0 Å².